The molecule has 0 atom stereocenters. The topological polar surface area (TPSA) is 79.0 Å². The van der Waals surface area contributed by atoms with Crippen molar-refractivity contribution in [2.24, 2.45) is 0 Å². The number of benzene rings is 1. The van der Waals surface area contributed by atoms with Crippen LogP contribution in [0.3, 0.4) is 0 Å². The molecule has 1 aromatic rings. The molecule has 2 fully saturated rings. The molecule has 0 bridgehead atoms. The van der Waals surface area contributed by atoms with Gasteiger partial charge in [-0.25, -0.2) is 8.42 Å². The maximum absolute atomic E-state index is 12.8. The van der Waals surface area contributed by atoms with Gasteiger partial charge in [0.05, 0.1) is 23.0 Å². The van der Waals surface area contributed by atoms with Crippen LogP contribution in [0.4, 0.5) is 0 Å². The van der Waals surface area contributed by atoms with Crippen LogP contribution in [-0.4, -0.2) is 69.4 Å². The summed E-state index contributed by atoms with van der Waals surface area (Å²) in [4.78, 5) is 14.1. The average Bonchev–Trinajstić information content (AvgIpc) is 3.39. The van der Waals surface area contributed by atoms with Crippen LogP contribution in [0.25, 0.3) is 0 Å². The Bertz CT molecular complexity index is 744. The monoisotopic (exact) mass is 431 g/mol. The third-order valence-corrected chi connectivity index (χ3v) is 6.92. The minimum atomic E-state index is -3.55. The quantitative estimate of drug-likeness (QED) is 0.727. The Hall–Kier alpha value is -1.16. The molecule has 0 spiro atoms. The second-order valence-corrected chi connectivity index (χ2v) is 9.11. The van der Waals surface area contributed by atoms with Gasteiger partial charge in [-0.3, -0.25) is 9.69 Å². The number of nitrogens with zero attached hydrogens (tertiary/aromatic N) is 2. The summed E-state index contributed by atoms with van der Waals surface area (Å²) in [6, 6.07) is 5.09. The highest BCUT2D eigenvalue weighted by atomic mass is 79.9. The molecule has 1 saturated heterocycles. The lowest BCUT2D eigenvalue weighted by Gasteiger charge is -2.33. The van der Waals surface area contributed by atoms with Crippen molar-refractivity contribution in [1.29, 1.82) is 0 Å². The van der Waals surface area contributed by atoms with Crippen molar-refractivity contribution in [2.75, 3.05) is 39.8 Å². The fourth-order valence-electron chi connectivity index (χ4n) is 2.79. The summed E-state index contributed by atoms with van der Waals surface area (Å²) in [5.41, 5.74) is 0. The highest BCUT2D eigenvalue weighted by molar-refractivity contribution is 9.10. The first-order chi connectivity index (χ1) is 11.9. The Morgan fingerprint density at radius 2 is 1.96 bits per heavy atom. The summed E-state index contributed by atoms with van der Waals surface area (Å²) in [5, 5.41) is 2.96. The third-order valence-electron chi connectivity index (χ3n) is 4.40. The Labute approximate surface area is 156 Å². The van der Waals surface area contributed by atoms with E-state index in [4.69, 9.17) is 4.74 Å². The number of carbonyl (C=O) groups excluding carboxylic acids is 1. The number of nitrogens with one attached hydrogen (secondary N) is 1. The summed E-state index contributed by atoms with van der Waals surface area (Å²) < 4.78 is 32.8. The van der Waals surface area contributed by atoms with Crippen LogP contribution >= 0.6 is 15.9 Å². The van der Waals surface area contributed by atoms with E-state index in [1.54, 1.807) is 18.2 Å². The molecule has 1 N–H and O–H groups in total. The summed E-state index contributed by atoms with van der Waals surface area (Å²) in [5.74, 6) is 0.614. The fraction of sp³-hybridized carbons (Fsp3) is 0.562. The van der Waals surface area contributed by atoms with Gasteiger partial charge in [-0.05, 0) is 47.0 Å². The van der Waals surface area contributed by atoms with E-state index in [1.165, 1.54) is 11.4 Å². The predicted octanol–water partition coefficient (Wildman–Crippen LogP) is 1.04. The van der Waals surface area contributed by atoms with E-state index in [1.807, 2.05) is 4.90 Å². The van der Waals surface area contributed by atoms with E-state index >= 15 is 0 Å². The number of hydrogen-bond donors (Lipinski definition) is 1. The lowest BCUT2D eigenvalue weighted by Crippen LogP contribution is -2.51. The minimum absolute atomic E-state index is 0.0258. The largest absolute Gasteiger partial charge is 0.496 e. The van der Waals surface area contributed by atoms with Crippen molar-refractivity contribution in [1.82, 2.24) is 14.5 Å². The van der Waals surface area contributed by atoms with Crippen molar-refractivity contribution in [3.8, 4) is 5.75 Å². The van der Waals surface area contributed by atoms with Crippen molar-refractivity contribution >= 4 is 31.9 Å². The van der Waals surface area contributed by atoms with Crippen LogP contribution in [0, 0.1) is 0 Å². The maximum atomic E-state index is 12.8. The molecule has 1 aromatic carbocycles. The number of rotatable bonds is 6. The zero-order valence-corrected chi connectivity index (χ0v) is 16.5. The molecule has 1 heterocycles. The molecule has 25 heavy (non-hydrogen) atoms. The normalized spacial score (nSPS) is 19.6. The summed E-state index contributed by atoms with van der Waals surface area (Å²) in [6.45, 7) is 2.19. The van der Waals surface area contributed by atoms with Crippen molar-refractivity contribution in [3.63, 3.8) is 0 Å². The second kappa shape index (κ2) is 7.61. The summed E-state index contributed by atoms with van der Waals surface area (Å²) in [7, 11) is -2.02. The van der Waals surface area contributed by atoms with Gasteiger partial charge < -0.3 is 10.1 Å². The van der Waals surface area contributed by atoms with Gasteiger partial charge in [-0.2, -0.15) is 4.31 Å². The van der Waals surface area contributed by atoms with Crippen LogP contribution in [0.5, 0.6) is 5.75 Å². The SMILES string of the molecule is COc1ccc(S(=O)(=O)N2CCN(CC(=O)NC3CC3)CC2)cc1Br. The molecule has 138 valence electrons. The van der Waals surface area contributed by atoms with Crippen LogP contribution in [0.15, 0.2) is 27.6 Å². The fourth-order valence-corrected chi connectivity index (χ4v) is 4.93. The molecular formula is C16H22BrN3O4S. The molecule has 1 saturated carbocycles. The Morgan fingerprint density at radius 1 is 1.28 bits per heavy atom. The van der Waals surface area contributed by atoms with Crippen LogP contribution < -0.4 is 10.1 Å². The van der Waals surface area contributed by atoms with Gasteiger partial charge in [0.2, 0.25) is 15.9 Å². The van der Waals surface area contributed by atoms with Gasteiger partial charge in [0.1, 0.15) is 5.75 Å². The molecule has 1 aliphatic heterocycles. The van der Waals surface area contributed by atoms with Gasteiger partial charge in [-0.15, -0.1) is 0 Å². The standard InChI is InChI=1S/C16H22BrN3O4S/c1-24-15-5-4-13(10-14(15)17)25(22,23)20-8-6-19(7-9-20)11-16(21)18-12-2-3-12/h4-5,10,12H,2-3,6-9,11H2,1H3,(H,18,21). The molecule has 1 amide bonds. The van der Waals surface area contributed by atoms with E-state index < -0.39 is 10.0 Å². The van der Waals surface area contributed by atoms with Gasteiger partial charge in [0.25, 0.3) is 0 Å². The molecule has 9 heteroatoms. The molecular weight excluding hydrogens is 410 g/mol. The molecule has 2 aliphatic rings. The molecule has 7 nitrogen and oxygen atoms in total. The van der Waals surface area contributed by atoms with E-state index in [2.05, 4.69) is 21.2 Å². The molecule has 1 aliphatic carbocycles. The molecule has 0 unspecified atom stereocenters. The van der Waals surface area contributed by atoms with Crippen LogP contribution in [-0.2, 0) is 14.8 Å². The first kappa shape index (κ1) is 18.6. The van der Waals surface area contributed by atoms with E-state index in [0.29, 0.717) is 49.0 Å². The first-order valence-corrected chi connectivity index (χ1v) is 10.5. The smallest absolute Gasteiger partial charge is 0.243 e. The number of amides is 1. The highest BCUT2D eigenvalue weighted by Gasteiger charge is 2.30. The number of hydrogen-bond acceptors (Lipinski definition) is 5. The number of carbonyl (C=O) groups is 1. The van der Waals surface area contributed by atoms with Gasteiger partial charge >= 0.3 is 0 Å². The van der Waals surface area contributed by atoms with E-state index in [-0.39, 0.29) is 10.8 Å². The van der Waals surface area contributed by atoms with Gasteiger partial charge in [0, 0.05) is 32.2 Å². The highest BCUT2D eigenvalue weighted by Crippen LogP contribution is 2.29. The number of methoxy groups -OCH3 is 1. The summed E-state index contributed by atoms with van der Waals surface area (Å²) in [6.07, 6.45) is 2.13. The molecule has 0 aromatic heterocycles. The lowest BCUT2D eigenvalue weighted by molar-refractivity contribution is -0.122. The van der Waals surface area contributed by atoms with Gasteiger partial charge in [-0.1, -0.05) is 0 Å². The van der Waals surface area contributed by atoms with Crippen LogP contribution in [0.1, 0.15) is 12.8 Å². The van der Waals surface area contributed by atoms with Crippen molar-refractivity contribution in [2.45, 2.75) is 23.8 Å². The molecule has 0 radical (unpaired) electrons. The Morgan fingerprint density at radius 3 is 2.52 bits per heavy atom. The van der Waals surface area contributed by atoms with Gasteiger partial charge in [0.15, 0.2) is 0 Å². The lowest BCUT2D eigenvalue weighted by atomic mass is 10.3. The average molecular weight is 432 g/mol. The zero-order chi connectivity index (χ0) is 18.0. The van der Waals surface area contributed by atoms with E-state index in [0.717, 1.165) is 12.8 Å². The maximum Gasteiger partial charge on any atom is 0.243 e. The number of ether oxygens (including phenoxy) is 1. The number of piperazine rings is 1. The third kappa shape index (κ3) is 4.52. The zero-order valence-electron chi connectivity index (χ0n) is 14.1. The number of halogens is 1. The number of sulfonamides is 1. The Balaban J connectivity index is 1.59. The first-order valence-electron chi connectivity index (χ1n) is 8.25. The van der Waals surface area contributed by atoms with Crippen LogP contribution in [0.2, 0.25) is 0 Å². The van der Waals surface area contributed by atoms with E-state index in [9.17, 15) is 13.2 Å². The van der Waals surface area contributed by atoms with Crippen molar-refractivity contribution in [3.05, 3.63) is 22.7 Å². The Kier molecular flexibility index (Phi) is 5.67. The van der Waals surface area contributed by atoms with Crippen molar-refractivity contribution < 1.29 is 17.9 Å². The minimum Gasteiger partial charge on any atom is -0.496 e. The second-order valence-electron chi connectivity index (χ2n) is 6.32. The summed E-state index contributed by atoms with van der Waals surface area (Å²) >= 11 is 3.32. The predicted molar refractivity (Wildman–Crippen MR) is 97.1 cm³/mol. The molecule has 3 rings (SSSR count).